The summed E-state index contributed by atoms with van der Waals surface area (Å²) in [5.74, 6) is -0.252. The van der Waals surface area contributed by atoms with E-state index >= 15 is 0 Å². The first-order valence-electron chi connectivity index (χ1n) is 10.8. The number of halogens is 6. The van der Waals surface area contributed by atoms with Gasteiger partial charge in [-0.1, -0.05) is 0 Å². The lowest BCUT2D eigenvalue weighted by Crippen LogP contribution is -2.40. The third-order valence-corrected chi connectivity index (χ3v) is 5.77. The molecule has 0 spiro atoms. The van der Waals surface area contributed by atoms with Gasteiger partial charge in [0.15, 0.2) is 0 Å². The number of benzene rings is 1. The molecule has 6 nitrogen and oxygen atoms in total. The monoisotopic (exact) mass is 497 g/mol. The molecule has 1 aliphatic rings. The highest BCUT2D eigenvalue weighted by molar-refractivity contribution is 5.94. The van der Waals surface area contributed by atoms with Gasteiger partial charge in [0, 0.05) is 41.4 Å². The van der Waals surface area contributed by atoms with Crippen LogP contribution in [-0.4, -0.2) is 32.5 Å². The molecule has 0 unspecified atom stereocenters. The first kappa shape index (κ1) is 24.6. The quantitative estimate of drug-likeness (QED) is 0.460. The van der Waals surface area contributed by atoms with E-state index in [-0.39, 0.29) is 23.7 Å². The lowest BCUT2D eigenvalue weighted by Gasteiger charge is -2.30. The minimum atomic E-state index is -5.00. The molecule has 35 heavy (non-hydrogen) atoms. The predicted octanol–water partition coefficient (Wildman–Crippen LogP) is 5.46. The number of carbonyl (C=O) groups excluding carboxylic acids is 1. The first-order valence-corrected chi connectivity index (χ1v) is 10.8. The summed E-state index contributed by atoms with van der Waals surface area (Å²) in [7, 11) is 0. The fraction of sp³-hybridized carbons (Fsp3) is 0.348. The third kappa shape index (κ3) is 6.11. The molecule has 0 saturated heterocycles. The number of nitrogens with zero attached hydrogens (tertiary/aromatic N) is 3. The van der Waals surface area contributed by atoms with E-state index in [1.807, 2.05) is 0 Å². The van der Waals surface area contributed by atoms with Gasteiger partial charge >= 0.3 is 12.4 Å². The Balaban J connectivity index is 1.34. The molecule has 1 fully saturated rings. The molecular formula is C23H21F6N5O. The Morgan fingerprint density at radius 3 is 1.97 bits per heavy atom. The molecule has 186 valence electrons. The molecular weight excluding hydrogens is 476 g/mol. The second kappa shape index (κ2) is 9.59. The van der Waals surface area contributed by atoms with Gasteiger partial charge in [-0.3, -0.25) is 4.79 Å². The van der Waals surface area contributed by atoms with Crippen LogP contribution in [0.5, 0.6) is 0 Å². The number of alkyl halides is 6. The number of hydrogen-bond acceptors (Lipinski definition) is 4. The highest BCUT2D eigenvalue weighted by Crippen LogP contribution is 2.35. The number of anilines is 1. The Morgan fingerprint density at radius 2 is 1.46 bits per heavy atom. The van der Waals surface area contributed by atoms with Crippen molar-refractivity contribution in [2.75, 3.05) is 5.32 Å². The maximum atomic E-state index is 13.0. The predicted molar refractivity (Wildman–Crippen MR) is 115 cm³/mol. The number of pyridine rings is 1. The van der Waals surface area contributed by atoms with E-state index in [4.69, 9.17) is 0 Å². The molecule has 0 aliphatic heterocycles. The average Bonchev–Trinajstić information content (AvgIpc) is 3.34. The third-order valence-electron chi connectivity index (χ3n) is 5.77. The Hall–Kier alpha value is -3.57. The molecule has 1 aromatic carbocycles. The van der Waals surface area contributed by atoms with Crippen molar-refractivity contribution < 1.29 is 31.1 Å². The van der Waals surface area contributed by atoms with Crippen LogP contribution in [0.3, 0.4) is 0 Å². The number of hydrogen-bond donors (Lipinski definition) is 2. The standard InChI is InChI=1S/C23H21F6N5O/c24-22(25,26)19-11-17(12-20(33-19)23(27,28)29)31-15-3-5-16(6-4-15)32-21(35)14-1-7-18(8-2-14)34-10-9-30-13-34/h1-2,7-13,15-16H,3-6H2,(H,31,33)(H,32,35)/t15-,16+. The van der Waals surface area contributed by atoms with Crippen molar-refractivity contribution in [1.29, 1.82) is 0 Å². The second-order valence-corrected chi connectivity index (χ2v) is 8.30. The summed E-state index contributed by atoms with van der Waals surface area (Å²) in [5.41, 5.74) is -2.16. The molecule has 1 aliphatic carbocycles. The molecule has 1 amide bonds. The number of nitrogens with one attached hydrogen (secondary N) is 2. The van der Waals surface area contributed by atoms with Crippen molar-refractivity contribution >= 4 is 11.6 Å². The molecule has 2 N–H and O–H groups in total. The minimum Gasteiger partial charge on any atom is -0.382 e. The zero-order valence-corrected chi connectivity index (χ0v) is 18.2. The van der Waals surface area contributed by atoms with Crippen molar-refractivity contribution in [3.63, 3.8) is 0 Å². The van der Waals surface area contributed by atoms with Gasteiger partial charge in [0.05, 0.1) is 6.33 Å². The number of rotatable bonds is 5. The SMILES string of the molecule is O=C(N[C@H]1CC[C@@H](Nc2cc(C(F)(F)F)nc(C(F)(F)F)c2)CC1)c1ccc(-n2ccnc2)cc1. The lowest BCUT2D eigenvalue weighted by atomic mass is 9.90. The van der Waals surface area contributed by atoms with Gasteiger partial charge in [-0.2, -0.15) is 26.3 Å². The Morgan fingerprint density at radius 1 is 0.886 bits per heavy atom. The van der Waals surface area contributed by atoms with Crippen molar-refractivity contribution in [3.8, 4) is 5.69 Å². The van der Waals surface area contributed by atoms with E-state index in [1.54, 1.807) is 47.6 Å². The van der Waals surface area contributed by atoms with Crippen molar-refractivity contribution in [2.45, 2.75) is 50.1 Å². The Labute approximate surface area is 196 Å². The summed E-state index contributed by atoms with van der Waals surface area (Å²) in [6, 6.07) is 7.64. The van der Waals surface area contributed by atoms with E-state index < -0.39 is 23.7 Å². The fourth-order valence-corrected chi connectivity index (χ4v) is 3.99. The minimum absolute atomic E-state index is 0.150. The van der Waals surface area contributed by atoms with Gasteiger partial charge in [0.1, 0.15) is 11.4 Å². The molecule has 4 rings (SSSR count). The van der Waals surface area contributed by atoms with Gasteiger partial charge < -0.3 is 15.2 Å². The number of amides is 1. The zero-order chi connectivity index (χ0) is 25.2. The maximum Gasteiger partial charge on any atom is 0.433 e. The van der Waals surface area contributed by atoms with E-state index in [2.05, 4.69) is 20.6 Å². The summed E-state index contributed by atoms with van der Waals surface area (Å²) in [6.07, 6.45) is -2.95. The summed E-state index contributed by atoms with van der Waals surface area (Å²) in [5, 5.41) is 5.71. The van der Waals surface area contributed by atoms with Crippen LogP contribution in [-0.2, 0) is 12.4 Å². The van der Waals surface area contributed by atoms with Crippen LogP contribution in [0.2, 0.25) is 0 Å². The highest BCUT2D eigenvalue weighted by atomic mass is 19.4. The number of imidazole rings is 1. The van der Waals surface area contributed by atoms with Crippen LogP contribution in [0, 0.1) is 0 Å². The van der Waals surface area contributed by atoms with Gasteiger partial charge in [-0.05, 0) is 62.1 Å². The van der Waals surface area contributed by atoms with Gasteiger partial charge in [-0.25, -0.2) is 9.97 Å². The molecule has 12 heteroatoms. The van der Waals surface area contributed by atoms with Gasteiger partial charge in [-0.15, -0.1) is 0 Å². The normalized spacial score (nSPS) is 18.8. The largest absolute Gasteiger partial charge is 0.433 e. The number of aromatic nitrogens is 3. The van der Waals surface area contributed by atoms with E-state index in [9.17, 15) is 31.1 Å². The molecule has 0 atom stereocenters. The first-order chi connectivity index (χ1) is 16.5. The van der Waals surface area contributed by atoms with E-state index in [0.717, 1.165) is 5.69 Å². The summed E-state index contributed by atoms with van der Waals surface area (Å²) >= 11 is 0. The van der Waals surface area contributed by atoms with Crippen molar-refractivity contribution in [1.82, 2.24) is 19.9 Å². The van der Waals surface area contributed by atoms with Crippen LogP contribution in [0.4, 0.5) is 32.0 Å². The van der Waals surface area contributed by atoms with Crippen LogP contribution in [0.25, 0.3) is 5.69 Å². The molecule has 2 aromatic heterocycles. The van der Waals surface area contributed by atoms with Crippen LogP contribution in [0.1, 0.15) is 47.4 Å². The maximum absolute atomic E-state index is 13.0. The van der Waals surface area contributed by atoms with Gasteiger partial charge in [0.25, 0.3) is 5.91 Å². The molecule has 3 aromatic rings. The Kier molecular flexibility index (Phi) is 6.73. The Bertz CT molecular complexity index is 1120. The highest BCUT2D eigenvalue weighted by Gasteiger charge is 2.39. The second-order valence-electron chi connectivity index (χ2n) is 8.30. The van der Waals surface area contributed by atoms with Crippen LogP contribution >= 0.6 is 0 Å². The number of carbonyl (C=O) groups is 1. The van der Waals surface area contributed by atoms with Gasteiger partial charge in [0.2, 0.25) is 0 Å². The van der Waals surface area contributed by atoms with E-state index in [1.165, 1.54) is 0 Å². The molecule has 1 saturated carbocycles. The summed E-state index contributed by atoms with van der Waals surface area (Å²) in [6.45, 7) is 0. The topological polar surface area (TPSA) is 71.8 Å². The van der Waals surface area contributed by atoms with Crippen molar-refractivity contribution in [2.24, 2.45) is 0 Å². The van der Waals surface area contributed by atoms with Crippen LogP contribution < -0.4 is 10.6 Å². The zero-order valence-electron chi connectivity index (χ0n) is 18.2. The average molecular weight is 497 g/mol. The fourth-order valence-electron chi connectivity index (χ4n) is 3.99. The molecule has 0 radical (unpaired) electrons. The molecule has 0 bridgehead atoms. The van der Waals surface area contributed by atoms with Crippen molar-refractivity contribution in [3.05, 3.63) is 72.1 Å². The lowest BCUT2D eigenvalue weighted by molar-refractivity contribution is -0.150. The summed E-state index contributed by atoms with van der Waals surface area (Å²) in [4.78, 5) is 19.3. The smallest absolute Gasteiger partial charge is 0.382 e. The summed E-state index contributed by atoms with van der Waals surface area (Å²) < 4.78 is 79.9. The van der Waals surface area contributed by atoms with E-state index in [0.29, 0.717) is 43.4 Å². The molecule has 2 heterocycles. The van der Waals surface area contributed by atoms with Crippen LogP contribution in [0.15, 0.2) is 55.1 Å².